The molecule has 0 bridgehead atoms. The summed E-state index contributed by atoms with van der Waals surface area (Å²) < 4.78 is 11.8. The number of carbonyl (C=O) groups is 1. The molecule has 1 atom stereocenters. The first-order valence-electron chi connectivity index (χ1n) is 14.4. The Morgan fingerprint density at radius 2 is 1.73 bits per heavy atom. The van der Waals surface area contributed by atoms with Crippen molar-refractivity contribution >= 4 is 5.91 Å². The number of hydrogen-bond donors (Lipinski definition) is 2. The lowest BCUT2D eigenvalue weighted by atomic mass is 9.93. The summed E-state index contributed by atoms with van der Waals surface area (Å²) in [5.74, 6) is 1.33. The van der Waals surface area contributed by atoms with Gasteiger partial charge in [-0.25, -0.2) is 0 Å². The van der Waals surface area contributed by atoms with Gasteiger partial charge in [-0.3, -0.25) is 9.89 Å². The first kappa shape index (κ1) is 28.3. The second-order valence-corrected chi connectivity index (χ2v) is 11.0. The van der Waals surface area contributed by atoms with Gasteiger partial charge in [0.2, 0.25) is 0 Å². The molecular weight excluding hydrogens is 514 g/mol. The average Bonchev–Trinajstić information content (AvgIpc) is 3.50. The van der Waals surface area contributed by atoms with Crippen molar-refractivity contribution in [3.05, 3.63) is 93.7 Å². The Labute approximate surface area is 242 Å². The minimum absolute atomic E-state index is 0.136. The number of aromatic nitrogens is 2. The molecule has 7 nitrogen and oxygen atoms in total. The third kappa shape index (κ3) is 5.67. The van der Waals surface area contributed by atoms with Crippen LogP contribution in [-0.4, -0.2) is 39.8 Å². The van der Waals surface area contributed by atoms with Crippen LogP contribution in [0.25, 0.3) is 11.3 Å². The van der Waals surface area contributed by atoms with Crippen molar-refractivity contribution in [2.75, 3.05) is 13.7 Å². The van der Waals surface area contributed by atoms with Gasteiger partial charge in [-0.05, 0) is 67.6 Å². The number of nitrogens with one attached hydrogen (secondary N) is 1. The summed E-state index contributed by atoms with van der Waals surface area (Å²) in [6.45, 7) is 9.14. The summed E-state index contributed by atoms with van der Waals surface area (Å²) in [6.07, 6.45) is 4.49. The Balaban J connectivity index is 1.58. The van der Waals surface area contributed by atoms with Gasteiger partial charge < -0.3 is 19.5 Å². The molecule has 1 amide bonds. The smallest absolute Gasteiger partial charge is 0.273 e. The molecule has 41 heavy (non-hydrogen) atoms. The third-order valence-electron chi connectivity index (χ3n) is 7.80. The molecule has 1 aliphatic rings. The molecule has 2 N–H and O–H groups in total. The van der Waals surface area contributed by atoms with Gasteiger partial charge in [0, 0.05) is 17.7 Å². The molecule has 0 saturated heterocycles. The molecule has 5 rings (SSSR count). The van der Waals surface area contributed by atoms with Crippen molar-refractivity contribution in [1.82, 2.24) is 15.1 Å². The fraction of sp³-hybridized carbons (Fsp3) is 0.353. The van der Waals surface area contributed by atoms with E-state index in [1.165, 1.54) is 12.8 Å². The number of phenolic OH excluding ortho intramolecular Hbond substituents is 1. The highest BCUT2D eigenvalue weighted by molar-refractivity contribution is 6.00. The van der Waals surface area contributed by atoms with Gasteiger partial charge in [-0.15, -0.1) is 0 Å². The maximum absolute atomic E-state index is 13.9. The van der Waals surface area contributed by atoms with Gasteiger partial charge >= 0.3 is 0 Å². The van der Waals surface area contributed by atoms with Crippen LogP contribution in [-0.2, 0) is 6.54 Å². The molecule has 0 aliphatic carbocycles. The molecule has 1 unspecified atom stereocenters. The van der Waals surface area contributed by atoms with Crippen molar-refractivity contribution in [3.8, 4) is 28.5 Å². The van der Waals surface area contributed by atoms with Crippen LogP contribution in [0, 0.1) is 20.8 Å². The fourth-order valence-electron chi connectivity index (χ4n) is 5.63. The summed E-state index contributed by atoms with van der Waals surface area (Å²) in [5.41, 5.74) is 7.20. The molecule has 1 aromatic heterocycles. The van der Waals surface area contributed by atoms with Crippen molar-refractivity contribution in [1.29, 1.82) is 0 Å². The quantitative estimate of drug-likeness (QED) is 0.189. The monoisotopic (exact) mass is 553 g/mol. The number of benzene rings is 3. The lowest BCUT2D eigenvalue weighted by Crippen LogP contribution is -2.29. The maximum atomic E-state index is 13.9. The van der Waals surface area contributed by atoms with Crippen LogP contribution >= 0.6 is 0 Å². The van der Waals surface area contributed by atoms with Crippen LogP contribution < -0.4 is 9.47 Å². The average molecular weight is 554 g/mol. The van der Waals surface area contributed by atoms with E-state index >= 15 is 0 Å². The van der Waals surface area contributed by atoms with E-state index in [0.717, 1.165) is 46.2 Å². The van der Waals surface area contributed by atoms with Gasteiger partial charge in [0.1, 0.15) is 17.1 Å². The Bertz CT molecular complexity index is 1540. The minimum atomic E-state index is -0.444. The van der Waals surface area contributed by atoms with Crippen molar-refractivity contribution in [3.63, 3.8) is 0 Å². The number of rotatable bonds is 11. The SMILES string of the molecule is CCCCCCOc1ccc(C2c3c(-c4cc(C)cc(C)c4O)n[nH]c3C(=O)N2Cc2ccc(C)cc2)cc1OC. The Hall–Kier alpha value is -4.26. The molecule has 0 spiro atoms. The topological polar surface area (TPSA) is 87.7 Å². The molecule has 7 heteroatoms. The zero-order valence-corrected chi connectivity index (χ0v) is 24.6. The zero-order chi connectivity index (χ0) is 29.1. The minimum Gasteiger partial charge on any atom is -0.507 e. The number of aryl methyl sites for hydroxylation is 3. The molecule has 2 heterocycles. The largest absolute Gasteiger partial charge is 0.507 e. The zero-order valence-electron chi connectivity index (χ0n) is 24.6. The molecule has 1 aliphatic heterocycles. The van der Waals surface area contributed by atoms with Gasteiger partial charge in [0.05, 0.1) is 19.8 Å². The Kier molecular flexibility index (Phi) is 8.34. The van der Waals surface area contributed by atoms with Crippen molar-refractivity contribution in [2.45, 2.75) is 66.0 Å². The van der Waals surface area contributed by atoms with Crippen LogP contribution in [0.2, 0.25) is 0 Å². The highest BCUT2D eigenvalue weighted by atomic mass is 16.5. The van der Waals surface area contributed by atoms with Gasteiger partial charge in [0.15, 0.2) is 11.5 Å². The number of carbonyl (C=O) groups excluding carboxylic acids is 1. The Morgan fingerprint density at radius 1 is 0.951 bits per heavy atom. The van der Waals surface area contributed by atoms with Crippen molar-refractivity contribution in [2.24, 2.45) is 0 Å². The van der Waals surface area contributed by atoms with Crippen LogP contribution in [0.4, 0.5) is 0 Å². The first-order chi connectivity index (χ1) is 19.8. The number of ether oxygens (including phenoxy) is 2. The van der Waals surface area contributed by atoms with E-state index in [9.17, 15) is 9.90 Å². The molecule has 0 fully saturated rings. The van der Waals surface area contributed by atoms with E-state index in [2.05, 4.69) is 41.4 Å². The molecule has 3 aromatic carbocycles. The second-order valence-electron chi connectivity index (χ2n) is 11.0. The number of phenols is 1. The van der Waals surface area contributed by atoms with Crippen LogP contribution in [0.3, 0.4) is 0 Å². The van der Waals surface area contributed by atoms with Crippen LogP contribution in [0.15, 0.2) is 54.6 Å². The van der Waals surface area contributed by atoms with Gasteiger partial charge in [0.25, 0.3) is 5.91 Å². The number of unbranched alkanes of at least 4 members (excludes halogenated alkanes) is 3. The summed E-state index contributed by atoms with van der Waals surface area (Å²) >= 11 is 0. The summed E-state index contributed by atoms with van der Waals surface area (Å²) in [7, 11) is 1.63. The van der Waals surface area contributed by atoms with E-state index in [1.807, 2.05) is 56.0 Å². The van der Waals surface area contributed by atoms with E-state index < -0.39 is 6.04 Å². The van der Waals surface area contributed by atoms with E-state index in [1.54, 1.807) is 7.11 Å². The standard InChI is InChI=1S/C34H39N3O4/c1-6-7-8-9-16-41-27-15-14-25(19-28(27)40-5)32-29-30(26-18-22(3)17-23(4)33(26)38)35-36-31(29)34(39)37(32)20-24-12-10-21(2)11-13-24/h10-15,17-19,32,38H,6-9,16,20H2,1-5H3,(H,35,36). The maximum Gasteiger partial charge on any atom is 0.273 e. The number of hydrogen-bond acceptors (Lipinski definition) is 5. The van der Waals surface area contributed by atoms with E-state index in [-0.39, 0.29) is 11.7 Å². The molecule has 214 valence electrons. The van der Waals surface area contributed by atoms with E-state index in [4.69, 9.17) is 9.47 Å². The predicted octanol–water partition coefficient (Wildman–Crippen LogP) is 7.42. The van der Waals surface area contributed by atoms with Gasteiger partial charge in [-0.2, -0.15) is 5.10 Å². The number of methoxy groups -OCH3 is 1. The highest BCUT2D eigenvalue weighted by Crippen LogP contribution is 2.47. The third-order valence-corrected chi connectivity index (χ3v) is 7.80. The highest BCUT2D eigenvalue weighted by Gasteiger charge is 2.43. The molecular formula is C34H39N3O4. The molecule has 0 radical (unpaired) electrons. The number of H-pyrrole nitrogens is 1. The predicted molar refractivity (Wildman–Crippen MR) is 161 cm³/mol. The number of aromatic hydroxyl groups is 1. The number of aromatic amines is 1. The normalized spacial score (nSPS) is 14.4. The fourth-order valence-corrected chi connectivity index (χ4v) is 5.63. The van der Waals surface area contributed by atoms with Crippen molar-refractivity contribution < 1.29 is 19.4 Å². The second kappa shape index (κ2) is 12.1. The van der Waals surface area contributed by atoms with Gasteiger partial charge in [-0.1, -0.05) is 68.1 Å². The van der Waals surface area contributed by atoms with Crippen LogP contribution in [0.5, 0.6) is 17.2 Å². The Morgan fingerprint density at radius 3 is 2.46 bits per heavy atom. The summed E-state index contributed by atoms with van der Waals surface area (Å²) in [6, 6.07) is 17.5. The lowest BCUT2D eigenvalue weighted by Gasteiger charge is -2.27. The number of nitrogens with zero attached hydrogens (tertiary/aromatic N) is 2. The first-order valence-corrected chi connectivity index (χ1v) is 14.4. The van der Waals surface area contributed by atoms with E-state index in [0.29, 0.717) is 41.6 Å². The number of fused-ring (bicyclic) bond motifs is 1. The summed E-state index contributed by atoms with van der Waals surface area (Å²) in [4.78, 5) is 15.8. The lowest BCUT2D eigenvalue weighted by molar-refractivity contribution is 0.0730. The summed E-state index contributed by atoms with van der Waals surface area (Å²) in [5, 5.41) is 18.6. The number of amides is 1. The molecule has 4 aromatic rings. The molecule has 0 saturated carbocycles. The van der Waals surface area contributed by atoms with Crippen LogP contribution in [0.1, 0.15) is 82.5 Å².